The third-order valence-electron chi connectivity index (χ3n) is 3.05. The SMILES string of the molecule is Cc1ccc(C(C)NC(C)CS(C)=O)cc1C. The van der Waals surface area contributed by atoms with Crippen molar-refractivity contribution in [2.24, 2.45) is 0 Å². The molecule has 1 aromatic rings. The maximum absolute atomic E-state index is 11.1. The summed E-state index contributed by atoms with van der Waals surface area (Å²) in [6.45, 7) is 8.49. The van der Waals surface area contributed by atoms with E-state index in [-0.39, 0.29) is 6.04 Å². The minimum Gasteiger partial charge on any atom is -0.307 e. The summed E-state index contributed by atoms with van der Waals surface area (Å²) in [5.41, 5.74) is 3.94. The van der Waals surface area contributed by atoms with Gasteiger partial charge in [0.2, 0.25) is 0 Å². The largest absolute Gasteiger partial charge is 0.307 e. The Balaban J connectivity index is 2.66. The Morgan fingerprint density at radius 2 is 1.88 bits per heavy atom. The highest BCUT2D eigenvalue weighted by Crippen LogP contribution is 2.17. The zero-order chi connectivity index (χ0) is 13.0. The van der Waals surface area contributed by atoms with Crippen LogP contribution in [0.25, 0.3) is 0 Å². The van der Waals surface area contributed by atoms with E-state index in [4.69, 9.17) is 0 Å². The molecule has 0 radical (unpaired) electrons. The molecule has 0 aromatic heterocycles. The van der Waals surface area contributed by atoms with Crippen LogP contribution in [0.15, 0.2) is 18.2 Å². The van der Waals surface area contributed by atoms with Crippen LogP contribution in [0.1, 0.15) is 36.6 Å². The molecule has 1 rings (SSSR count). The van der Waals surface area contributed by atoms with Crippen LogP contribution in [0.4, 0.5) is 0 Å². The van der Waals surface area contributed by atoms with Crippen molar-refractivity contribution in [1.29, 1.82) is 0 Å². The first kappa shape index (κ1) is 14.4. The number of nitrogens with one attached hydrogen (secondary N) is 1. The Morgan fingerprint density at radius 3 is 2.41 bits per heavy atom. The van der Waals surface area contributed by atoms with E-state index in [9.17, 15) is 4.21 Å². The molecule has 0 aliphatic heterocycles. The highest BCUT2D eigenvalue weighted by molar-refractivity contribution is 7.84. The maximum Gasteiger partial charge on any atom is 0.0383 e. The lowest BCUT2D eigenvalue weighted by Gasteiger charge is -2.20. The van der Waals surface area contributed by atoms with Crippen LogP contribution in [0, 0.1) is 13.8 Å². The lowest BCUT2D eigenvalue weighted by atomic mass is 10.0. The molecule has 1 N–H and O–H groups in total. The molecule has 3 unspecified atom stereocenters. The van der Waals surface area contributed by atoms with Gasteiger partial charge in [0, 0.05) is 34.9 Å². The van der Waals surface area contributed by atoms with E-state index < -0.39 is 10.8 Å². The smallest absolute Gasteiger partial charge is 0.0383 e. The van der Waals surface area contributed by atoms with E-state index in [1.54, 1.807) is 6.26 Å². The van der Waals surface area contributed by atoms with Gasteiger partial charge in [0.1, 0.15) is 0 Å². The minimum atomic E-state index is -0.739. The average molecular weight is 253 g/mol. The first-order valence-corrected chi connectivity index (χ1v) is 7.76. The van der Waals surface area contributed by atoms with Gasteiger partial charge >= 0.3 is 0 Å². The number of benzene rings is 1. The van der Waals surface area contributed by atoms with Crippen LogP contribution in [0.5, 0.6) is 0 Å². The molecule has 0 heterocycles. The molecule has 0 bridgehead atoms. The van der Waals surface area contributed by atoms with Crippen molar-refractivity contribution in [3.63, 3.8) is 0 Å². The zero-order valence-corrected chi connectivity index (χ0v) is 12.2. The minimum absolute atomic E-state index is 0.275. The zero-order valence-electron chi connectivity index (χ0n) is 11.4. The quantitative estimate of drug-likeness (QED) is 0.874. The molecule has 0 spiro atoms. The molecule has 0 amide bonds. The Kier molecular flexibility index (Phi) is 5.34. The molecule has 17 heavy (non-hydrogen) atoms. The molecule has 0 aliphatic carbocycles. The summed E-state index contributed by atoms with van der Waals surface area (Å²) in [5.74, 6) is 0.704. The van der Waals surface area contributed by atoms with Crippen LogP contribution in [-0.2, 0) is 10.8 Å². The normalized spacial score (nSPS) is 16.5. The third kappa shape index (κ3) is 4.60. The standard InChI is InChI=1S/C14H23NOS/c1-10-6-7-14(8-11(10)2)13(4)15-12(3)9-17(5)16/h6-8,12-13,15H,9H2,1-5H3. The lowest BCUT2D eigenvalue weighted by molar-refractivity contribution is 0.508. The van der Waals surface area contributed by atoms with Crippen molar-refractivity contribution in [2.45, 2.75) is 39.8 Å². The molecule has 0 saturated carbocycles. The summed E-state index contributed by atoms with van der Waals surface area (Å²) in [5, 5.41) is 3.48. The molecule has 3 atom stereocenters. The number of hydrogen-bond donors (Lipinski definition) is 1. The van der Waals surface area contributed by atoms with Gasteiger partial charge in [-0.1, -0.05) is 18.2 Å². The molecule has 0 aliphatic rings. The predicted octanol–water partition coefficient (Wildman–Crippen LogP) is 2.72. The van der Waals surface area contributed by atoms with E-state index in [1.807, 2.05) is 0 Å². The van der Waals surface area contributed by atoms with Gasteiger partial charge in [0.05, 0.1) is 0 Å². The second kappa shape index (κ2) is 6.31. The summed E-state index contributed by atoms with van der Waals surface area (Å²) in [6.07, 6.45) is 1.75. The van der Waals surface area contributed by atoms with Crippen molar-refractivity contribution in [3.05, 3.63) is 34.9 Å². The van der Waals surface area contributed by atoms with Gasteiger partial charge in [-0.05, 0) is 44.4 Å². The van der Waals surface area contributed by atoms with Crippen LogP contribution < -0.4 is 5.32 Å². The topological polar surface area (TPSA) is 29.1 Å². The van der Waals surface area contributed by atoms with Gasteiger partial charge in [0.15, 0.2) is 0 Å². The number of aryl methyl sites for hydroxylation is 2. The van der Waals surface area contributed by atoms with E-state index in [1.165, 1.54) is 16.7 Å². The Hall–Kier alpha value is -0.670. The van der Waals surface area contributed by atoms with Crippen molar-refractivity contribution >= 4 is 10.8 Å². The first-order chi connectivity index (χ1) is 7.90. The van der Waals surface area contributed by atoms with Crippen LogP contribution in [0.2, 0.25) is 0 Å². The second-order valence-electron chi connectivity index (χ2n) is 4.87. The molecular formula is C14H23NOS. The fourth-order valence-corrected chi connectivity index (χ4v) is 2.76. The average Bonchev–Trinajstić information content (AvgIpc) is 2.20. The van der Waals surface area contributed by atoms with Gasteiger partial charge in [0.25, 0.3) is 0 Å². The van der Waals surface area contributed by atoms with Crippen molar-refractivity contribution < 1.29 is 4.21 Å². The summed E-state index contributed by atoms with van der Waals surface area (Å²) in [7, 11) is -0.739. The number of hydrogen-bond acceptors (Lipinski definition) is 2. The fraction of sp³-hybridized carbons (Fsp3) is 0.571. The van der Waals surface area contributed by atoms with Crippen molar-refractivity contribution in [1.82, 2.24) is 5.32 Å². The van der Waals surface area contributed by atoms with Crippen LogP contribution in [-0.4, -0.2) is 22.3 Å². The van der Waals surface area contributed by atoms with E-state index in [0.29, 0.717) is 11.8 Å². The van der Waals surface area contributed by atoms with Crippen molar-refractivity contribution in [3.8, 4) is 0 Å². The first-order valence-electron chi connectivity index (χ1n) is 6.03. The van der Waals surface area contributed by atoms with Crippen LogP contribution >= 0.6 is 0 Å². The molecule has 0 saturated heterocycles. The lowest BCUT2D eigenvalue weighted by Crippen LogP contribution is -2.33. The molecule has 0 fully saturated rings. The summed E-state index contributed by atoms with van der Waals surface area (Å²) in [6, 6.07) is 7.12. The van der Waals surface area contributed by atoms with E-state index in [0.717, 1.165) is 0 Å². The van der Waals surface area contributed by atoms with Crippen molar-refractivity contribution in [2.75, 3.05) is 12.0 Å². The molecule has 3 heteroatoms. The van der Waals surface area contributed by atoms with Gasteiger partial charge in [-0.15, -0.1) is 0 Å². The third-order valence-corrected chi connectivity index (χ3v) is 4.02. The Bertz CT molecular complexity index is 403. The summed E-state index contributed by atoms with van der Waals surface area (Å²) in [4.78, 5) is 0. The number of rotatable bonds is 5. The monoisotopic (exact) mass is 253 g/mol. The van der Waals surface area contributed by atoms with Crippen LogP contribution in [0.3, 0.4) is 0 Å². The van der Waals surface area contributed by atoms with Gasteiger partial charge < -0.3 is 5.32 Å². The molecule has 1 aromatic carbocycles. The molecule has 2 nitrogen and oxygen atoms in total. The van der Waals surface area contributed by atoms with E-state index >= 15 is 0 Å². The predicted molar refractivity (Wildman–Crippen MR) is 75.9 cm³/mol. The summed E-state index contributed by atoms with van der Waals surface area (Å²) >= 11 is 0. The second-order valence-corrected chi connectivity index (χ2v) is 6.35. The summed E-state index contributed by atoms with van der Waals surface area (Å²) < 4.78 is 11.1. The fourth-order valence-electron chi connectivity index (χ4n) is 1.96. The van der Waals surface area contributed by atoms with Gasteiger partial charge in [-0.3, -0.25) is 4.21 Å². The highest BCUT2D eigenvalue weighted by Gasteiger charge is 2.11. The molecule has 96 valence electrons. The molecular weight excluding hydrogens is 230 g/mol. The van der Waals surface area contributed by atoms with Gasteiger partial charge in [-0.25, -0.2) is 0 Å². The van der Waals surface area contributed by atoms with Gasteiger partial charge in [-0.2, -0.15) is 0 Å². The highest BCUT2D eigenvalue weighted by atomic mass is 32.2. The van der Waals surface area contributed by atoms with E-state index in [2.05, 4.69) is 51.2 Å². The Morgan fingerprint density at radius 1 is 1.24 bits per heavy atom. The maximum atomic E-state index is 11.1. The Labute approximate surface area is 107 Å².